The standard InChI is InChI=1S/C32H44N2O6/c1-4-19(2)31(37)40-28-16-23(27(34-32(33)38)14-21-8-6-5-7-9-21)15-22-11-10-20(3)26(30(22)28)13-12-25-17-24(35)18-29(36)39-25/h5-11,15,19-20,23-28,30,35H,4,12-14,16-18H2,1-3H3,(H3,33,34,38)/t19?,20-,23-,24+,25+,26-,27?,28-,30-/m0/s1. The maximum Gasteiger partial charge on any atom is 0.312 e. The number of aliphatic hydroxyl groups is 1. The SMILES string of the molecule is CCC(C)C(=O)O[C@H]1C[C@@H](C(Cc2ccccc2)NC(N)=O)C=C2C=C[C@H](C)[C@H](CC[C@@H]3C[C@@H](O)CC(=O)O3)[C@H]21. The van der Waals surface area contributed by atoms with Crippen LogP contribution in [-0.2, 0) is 25.5 Å². The van der Waals surface area contributed by atoms with E-state index in [0.29, 0.717) is 32.1 Å². The maximum absolute atomic E-state index is 13.1. The number of esters is 2. The van der Waals surface area contributed by atoms with Gasteiger partial charge in [-0.25, -0.2) is 4.79 Å². The van der Waals surface area contributed by atoms with Crippen molar-refractivity contribution in [2.24, 2.45) is 35.3 Å². The van der Waals surface area contributed by atoms with Gasteiger partial charge in [0.2, 0.25) is 0 Å². The van der Waals surface area contributed by atoms with Crippen LogP contribution < -0.4 is 11.1 Å². The summed E-state index contributed by atoms with van der Waals surface area (Å²) in [6, 6.07) is 9.13. The Morgan fingerprint density at radius 3 is 2.62 bits per heavy atom. The largest absolute Gasteiger partial charge is 0.462 e. The second-order valence-corrected chi connectivity index (χ2v) is 11.8. The molecule has 2 aliphatic carbocycles. The van der Waals surface area contributed by atoms with Crippen molar-refractivity contribution in [2.45, 2.75) is 90.1 Å². The lowest BCUT2D eigenvalue weighted by Gasteiger charge is -2.45. The van der Waals surface area contributed by atoms with E-state index >= 15 is 0 Å². The van der Waals surface area contributed by atoms with Crippen LogP contribution in [0.2, 0.25) is 0 Å². The fourth-order valence-corrected chi connectivity index (χ4v) is 6.53. The number of amides is 2. The van der Waals surface area contributed by atoms with E-state index in [2.05, 4.69) is 30.5 Å². The molecule has 9 atom stereocenters. The van der Waals surface area contributed by atoms with E-state index in [9.17, 15) is 19.5 Å². The van der Waals surface area contributed by atoms with Crippen molar-refractivity contribution in [3.8, 4) is 0 Å². The first-order chi connectivity index (χ1) is 19.1. The van der Waals surface area contributed by atoms with E-state index in [-0.39, 0.29) is 66.2 Å². The first-order valence-electron chi connectivity index (χ1n) is 14.7. The lowest BCUT2D eigenvalue weighted by atomic mass is 9.64. The van der Waals surface area contributed by atoms with E-state index in [1.165, 1.54) is 0 Å². The molecule has 1 aliphatic heterocycles. The molecule has 2 amide bonds. The first kappa shape index (κ1) is 29.8. The molecule has 4 N–H and O–H groups in total. The van der Waals surface area contributed by atoms with E-state index in [1.807, 2.05) is 44.2 Å². The van der Waals surface area contributed by atoms with Crippen molar-refractivity contribution >= 4 is 18.0 Å². The van der Waals surface area contributed by atoms with Gasteiger partial charge >= 0.3 is 18.0 Å². The van der Waals surface area contributed by atoms with Crippen molar-refractivity contribution in [1.29, 1.82) is 0 Å². The predicted octanol–water partition coefficient (Wildman–Crippen LogP) is 4.46. The van der Waals surface area contributed by atoms with Gasteiger partial charge in [0.1, 0.15) is 12.2 Å². The topological polar surface area (TPSA) is 128 Å². The zero-order valence-corrected chi connectivity index (χ0v) is 23.8. The molecular weight excluding hydrogens is 508 g/mol. The van der Waals surface area contributed by atoms with Crippen LogP contribution in [0, 0.1) is 29.6 Å². The van der Waals surface area contributed by atoms with Crippen LogP contribution in [0.4, 0.5) is 4.79 Å². The summed E-state index contributed by atoms with van der Waals surface area (Å²) in [7, 11) is 0. The minimum Gasteiger partial charge on any atom is -0.462 e. The predicted molar refractivity (Wildman–Crippen MR) is 152 cm³/mol. The molecule has 1 saturated heterocycles. The number of primary amides is 1. The van der Waals surface area contributed by atoms with E-state index in [0.717, 1.165) is 17.6 Å². The highest BCUT2D eigenvalue weighted by molar-refractivity contribution is 5.73. The number of urea groups is 1. The maximum atomic E-state index is 13.1. The van der Waals surface area contributed by atoms with E-state index in [1.54, 1.807) is 0 Å². The summed E-state index contributed by atoms with van der Waals surface area (Å²) in [5.74, 6) is -0.470. The van der Waals surface area contributed by atoms with Gasteiger partial charge in [0.15, 0.2) is 0 Å². The van der Waals surface area contributed by atoms with E-state index in [4.69, 9.17) is 15.2 Å². The summed E-state index contributed by atoms with van der Waals surface area (Å²) in [6.07, 6.45) is 8.99. The molecule has 8 nitrogen and oxygen atoms in total. The minimum atomic E-state index is -0.663. The fourth-order valence-electron chi connectivity index (χ4n) is 6.53. The molecule has 218 valence electrons. The molecule has 0 bridgehead atoms. The number of fused-ring (bicyclic) bond motifs is 1. The van der Waals surface area contributed by atoms with Crippen LogP contribution >= 0.6 is 0 Å². The molecule has 2 unspecified atom stereocenters. The van der Waals surface area contributed by atoms with Crippen LogP contribution in [0.1, 0.15) is 64.9 Å². The molecule has 0 aromatic heterocycles. The van der Waals surface area contributed by atoms with Crippen molar-refractivity contribution in [3.05, 3.63) is 59.7 Å². The lowest BCUT2D eigenvalue weighted by Crippen LogP contribution is -2.49. The Hall–Kier alpha value is -3.13. The zero-order valence-electron chi connectivity index (χ0n) is 23.8. The third-order valence-corrected chi connectivity index (χ3v) is 8.91. The number of cyclic esters (lactones) is 1. The number of nitrogens with one attached hydrogen (secondary N) is 1. The molecule has 3 aliphatic rings. The van der Waals surface area contributed by atoms with Gasteiger partial charge in [-0.3, -0.25) is 9.59 Å². The average molecular weight is 553 g/mol. The molecule has 0 saturated carbocycles. The van der Waals surface area contributed by atoms with Gasteiger partial charge in [0.25, 0.3) is 0 Å². The first-order valence-corrected chi connectivity index (χ1v) is 14.7. The van der Waals surface area contributed by atoms with Gasteiger partial charge < -0.3 is 25.6 Å². The van der Waals surface area contributed by atoms with Crippen LogP contribution in [0.5, 0.6) is 0 Å². The molecule has 1 heterocycles. The Morgan fingerprint density at radius 1 is 1.20 bits per heavy atom. The summed E-state index contributed by atoms with van der Waals surface area (Å²) in [5.41, 5.74) is 7.80. The lowest BCUT2D eigenvalue weighted by molar-refractivity contribution is -0.162. The van der Waals surface area contributed by atoms with Crippen molar-refractivity contribution in [1.82, 2.24) is 5.32 Å². The number of carbonyl (C=O) groups is 3. The molecule has 0 radical (unpaired) electrons. The number of ether oxygens (including phenoxy) is 2. The number of rotatable bonds is 10. The summed E-state index contributed by atoms with van der Waals surface area (Å²) in [5, 5.41) is 13.0. The summed E-state index contributed by atoms with van der Waals surface area (Å²) in [4.78, 5) is 37.0. The van der Waals surface area contributed by atoms with Crippen LogP contribution in [-0.4, -0.2) is 47.4 Å². The molecule has 0 spiro atoms. The highest BCUT2D eigenvalue weighted by Crippen LogP contribution is 2.46. The second kappa shape index (κ2) is 13.5. The molecular formula is C32H44N2O6. The Bertz CT molecular complexity index is 1100. The monoisotopic (exact) mass is 552 g/mol. The quantitative estimate of drug-likeness (QED) is 0.368. The minimum absolute atomic E-state index is 0.0144. The normalized spacial score (nSPS) is 31.2. The molecule has 1 fully saturated rings. The number of aliphatic hydroxyl groups excluding tert-OH is 1. The van der Waals surface area contributed by atoms with E-state index < -0.39 is 12.1 Å². The van der Waals surface area contributed by atoms with Crippen molar-refractivity contribution in [3.63, 3.8) is 0 Å². The van der Waals surface area contributed by atoms with Crippen LogP contribution in [0.15, 0.2) is 54.1 Å². The van der Waals surface area contributed by atoms with Crippen molar-refractivity contribution < 1.29 is 29.0 Å². The molecule has 40 heavy (non-hydrogen) atoms. The van der Waals surface area contributed by atoms with Crippen LogP contribution in [0.3, 0.4) is 0 Å². The van der Waals surface area contributed by atoms with Gasteiger partial charge in [-0.15, -0.1) is 0 Å². The number of benzene rings is 1. The molecule has 4 rings (SSSR count). The number of hydrogen-bond acceptors (Lipinski definition) is 6. The molecule has 1 aromatic carbocycles. The smallest absolute Gasteiger partial charge is 0.312 e. The molecule has 1 aromatic rings. The van der Waals surface area contributed by atoms with Gasteiger partial charge in [-0.05, 0) is 55.1 Å². The number of carbonyl (C=O) groups excluding carboxylic acids is 3. The summed E-state index contributed by atoms with van der Waals surface area (Å²) in [6.45, 7) is 6.03. The Kier molecular flexibility index (Phi) is 10.1. The van der Waals surface area contributed by atoms with Gasteiger partial charge in [-0.2, -0.15) is 0 Å². The number of allylic oxidation sites excluding steroid dienone is 2. The van der Waals surface area contributed by atoms with Gasteiger partial charge in [0.05, 0.1) is 18.4 Å². The highest BCUT2D eigenvalue weighted by Gasteiger charge is 2.44. The second-order valence-electron chi connectivity index (χ2n) is 11.8. The third kappa shape index (κ3) is 7.53. The Morgan fingerprint density at radius 2 is 1.95 bits per heavy atom. The summed E-state index contributed by atoms with van der Waals surface area (Å²) < 4.78 is 11.8. The number of hydrogen-bond donors (Lipinski definition) is 3. The van der Waals surface area contributed by atoms with Crippen LogP contribution in [0.25, 0.3) is 0 Å². The number of nitrogens with two attached hydrogens (primary N) is 1. The van der Waals surface area contributed by atoms with Crippen molar-refractivity contribution in [2.75, 3.05) is 0 Å². The Labute approximate surface area is 237 Å². The third-order valence-electron chi connectivity index (χ3n) is 8.91. The molecule has 8 heteroatoms. The zero-order chi connectivity index (χ0) is 28.8. The van der Waals surface area contributed by atoms with Gasteiger partial charge in [-0.1, -0.05) is 69.3 Å². The average Bonchev–Trinajstić information content (AvgIpc) is 2.91. The fraction of sp³-hybridized carbons (Fsp3) is 0.594. The highest BCUT2D eigenvalue weighted by atomic mass is 16.5. The van der Waals surface area contributed by atoms with Gasteiger partial charge in [0, 0.05) is 24.3 Å². The Balaban J connectivity index is 1.61. The summed E-state index contributed by atoms with van der Waals surface area (Å²) >= 11 is 0.